The summed E-state index contributed by atoms with van der Waals surface area (Å²) in [5.74, 6) is 0.916. The zero-order valence-corrected chi connectivity index (χ0v) is 18.9. The Hall–Kier alpha value is -3.13. The van der Waals surface area contributed by atoms with Gasteiger partial charge in [-0.3, -0.25) is 0 Å². The monoisotopic (exact) mass is 436 g/mol. The minimum absolute atomic E-state index is 0.0491. The van der Waals surface area contributed by atoms with Crippen LogP contribution in [0.3, 0.4) is 0 Å². The molecule has 0 radical (unpaired) electrons. The number of aromatic nitrogens is 3. The van der Waals surface area contributed by atoms with Gasteiger partial charge in [0.15, 0.2) is 11.6 Å². The van der Waals surface area contributed by atoms with E-state index in [0.29, 0.717) is 12.6 Å². The topological polar surface area (TPSA) is 76.0 Å². The fraction of sp³-hybridized carbons (Fsp3) is 0.417. The van der Waals surface area contributed by atoms with Gasteiger partial charge in [-0.15, -0.1) is 0 Å². The third-order valence-corrected chi connectivity index (χ3v) is 5.96. The molecule has 0 atom stereocenters. The summed E-state index contributed by atoms with van der Waals surface area (Å²) < 4.78 is 22.5. The molecule has 2 aromatic heterocycles. The van der Waals surface area contributed by atoms with Crippen molar-refractivity contribution in [3.63, 3.8) is 0 Å². The van der Waals surface area contributed by atoms with E-state index in [4.69, 9.17) is 4.74 Å². The maximum atomic E-state index is 14.6. The smallest absolute Gasteiger partial charge is 0.229 e. The van der Waals surface area contributed by atoms with Crippen LogP contribution in [-0.4, -0.2) is 31.7 Å². The van der Waals surface area contributed by atoms with Crippen molar-refractivity contribution in [2.45, 2.75) is 64.3 Å². The van der Waals surface area contributed by atoms with Crippen molar-refractivity contribution in [2.24, 2.45) is 0 Å². The Labute approximate surface area is 187 Å². The maximum Gasteiger partial charge on any atom is 0.229 e. The summed E-state index contributed by atoms with van der Waals surface area (Å²) in [6, 6.07) is 9.95. The summed E-state index contributed by atoms with van der Waals surface area (Å²) in [5.41, 5.74) is 2.74. The molecule has 0 aliphatic carbocycles. The standard InChI is InChI=1S/C24H29FN6O/c1-23(2)11-16(12-24(3,4)30-23)27-21-18(25)13-26-22(29-21)28-15-7-8-20-19(10-15)31-9-5-6-17(31)14-32-20/h5-10,13,16,30H,11-12,14H2,1-4H3,(H2,26,27,28,29). The fourth-order valence-corrected chi connectivity index (χ4v) is 5.10. The summed E-state index contributed by atoms with van der Waals surface area (Å²) in [6.45, 7) is 9.22. The van der Waals surface area contributed by atoms with E-state index in [1.165, 1.54) is 6.20 Å². The fourth-order valence-electron chi connectivity index (χ4n) is 5.10. The van der Waals surface area contributed by atoms with Gasteiger partial charge >= 0.3 is 0 Å². The highest BCUT2D eigenvalue weighted by Crippen LogP contribution is 2.34. The first-order valence-electron chi connectivity index (χ1n) is 11.0. The van der Waals surface area contributed by atoms with E-state index in [0.717, 1.165) is 35.7 Å². The van der Waals surface area contributed by atoms with Gasteiger partial charge in [-0.1, -0.05) is 0 Å². The van der Waals surface area contributed by atoms with Crippen LogP contribution in [0.15, 0.2) is 42.7 Å². The second kappa shape index (κ2) is 7.48. The van der Waals surface area contributed by atoms with Gasteiger partial charge < -0.3 is 25.3 Å². The predicted octanol–water partition coefficient (Wildman–Crippen LogP) is 4.76. The van der Waals surface area contributed by atoms with Crippen LogP contribution in [-0.2, 0) is 6.61 Å². The second-order valence-corrected chi connectivity index (χ2v) is 10.00. The van der Waals surface area contributed by atoms with Crippen molar-refractivity contribution in [3.05, 3.63) is 54.2 Å². The molecule has 0 spiro atoms. The molecule has 4 heterocycles. The van der Waals surface area contributed by atoms with Crippen LogP contribution in [0, 0.1) is 5.82 Å². The molecular formula is C24H29FN6O. The van der Waals surface area contributed by atoms with Crippen LogP contribution >= 0.6 is 0 Å². The van der Waals surface area contributed by atoms with Gasteiger partial charge in [0.05, 0.1) is 17.6 Å². The number of nitrogens with one attached hydrogen (secondary N) is 3. The van der Waals surface area contributed by atoms with E-state index in [9.17, 15) is 4.39 Å². The molecule has 0 unspecified atom stereocenters. The molecule has 0 amide bonds. The third kappa shape index (κ3) is 4.14. The van der Waals surface area contributed by atoms with Crippen LogP contribution in [0.5, 0.6) is 5.75 Å². The van der Waals surface area contributed by atoms with Gasteiger partial charge in [-0.25, -0.2) is 9.37 Å². The van der Waals surface area contributed by atoms with E-state index in [1.807, 2.05) is 36.5 Å². The first kappa shape index (κ1) is 20.8. The lowest BCUT2D eigenvalue weighted by Gasteiger charge is -2.46. The lowest BCUT2D eigenvalue weighted by Crippen LogP contribution is -2.60. The number of ether oxygens (including phenoxy) is 1. The molecule has 3 aromatic rings. The number of fused-ring (bicyclic) bond motifs is 3. The predicted molar refractivity (Wildman–Crippen MR) is 123 cm³/mol. The van der Waals surface area contributed by atoms with E-state index >= 15 is 0 Å². The van der Waals surface area contributed by atoms with Crippen molar-refractivity contribution in [1.29, 1.82) is 0 Å². The molecule has 0 saturated carbocycles. The van der Waals surface area contributed by atoms with Crippen LogP contribution in [0.25, 0.3) is 5.69 Å². The molecule has 1 saturated heterocycles. The van der Waals surface area contributed by atoms with Gasteiger partial charge in [0, 0.05) is 29.0 Å². The Bertz CT molecular complexity index is 1140. The minimum Gasteiger partial charge on any atom is -0.485 e. The highest BCUT2D eigenvalue weighted by molar-refractivity contribution is 5.64. The molecule has 3 N–H and O–H groups in total. The van der Waals surface area contributed by atoms with Crippen LogP contribution in [0.2, 0.25) is 0 Å². The highest BCUT2D eigenvalue weighted by atomic mass is 19.1. The average molecular weight is 437 g/mol. The lowest BCUT2D eigenvalue weighted by atomic mass is 9.79. The molecule has 1 fully saturated rings. The number of hydrogen-bond donors (Lipinski definition) is 3. The van der Waals surface area contributed by atoms with Crippen LogP contribution < -0.4 is 20.7 Å². The molecular weight excluding hydrogens is 407 g/mol. The molecule has 1 aromatic carbocycles. The van der Waals surface area contributed by atoms with Gasteiger partial charge in [0.2, 0.25) is 5.95 Å². The number of rotatable bonds is 4. The number of anilines is 3. The molecule has 0 bridgehead atoms. The summed E-state index contributed by atoms with van der Waals surface area (Å²) >= 11 is 0. The summed E-state index contributed by atoms with van der Waals surface area (Å²) in [4.78, 5) is 8.58. The summed E-state index contributed by atoms with van der Waals surface area (Å²) in [6.07, 6.45) is 4.96. The van der Waals surface area contributed by atoms with E-state index < -0.39 is 5.82 Å². The largest absolute Gasteiger partial charge is 0.485 e. The Morgan fingerprint density at radius 1 is 1.16 bits per heavy atom. The Balaban J connectivity index is 1.37. The third-order valence-electron chi connectivity index (χ3n) is 5.96. The minimum atomic E-state index is -0.458. The van der Waals surface area contributed by atoms with Gasteiger partial charge in [0.1, 0.15) is 12.4 Å². The molecule has 8 heteroatoms. The zero-order valence-electron chi connectivity index (χ0n) is 18.9. The number of nitrogens with zero attached hydrogens (tertiary/aromatic N) is 3. The first-order valence-corrected chi connectivity index (χ1v) is 11.0. The molecule has 5 rings (SSSR count). The Morgan fingerprint density at radius 3 is 2.72 bits per heavy atom. The highest BCUT2D eigenvalue weighted by Gasteiger charge is 2.38. The number of hydrogen-bond acceptors (Lipinski definition) is 6. The van der Waals surface area contributed by atoms with Crippen molar-refractivity contribution in [1.82, 2.24) is 19.9 Å². The van der Waals surface area contributed by atoms with Crippen LogP contribution in [0.1, 0.15) is 46.2 Å². The quantitative estimate of drug-likeness (QED) is 0.547. The summed E-state index contributed by atoms with van der Waals surface area (Å²) in [7, 11) is 0. The Kier molecular flexibility index (Phi) is 4.85. The molecule has 168 valence electrons. The number of piperidine rings is 1. The van der Waals surface area contributed by atoms with Crippen LogP contribution in [0.4, 0.5) is 21.8 Å². The lowest BCUT2D eigenvalue weighted by molar-refractivity contribution is 0.170. The van der Waals surface area contributed by atoms with Gasteiger partial charge in [0.25, 0.3) is 0 Å². The van der Waals surface area contributed by atoms with Gasteiger partial charge in [-0.05, 0) is 70.9 Å². The van der Waals surface area contributed by atoms with Crippen molar-refractivity contribution >= 4 is 17.5 Å². The molecule has 32 heavy (non-hydrogen) atoms. The van der Waals surface area contributed by atoms with E-state index in [-0.39, 0.29) is 22.9 Å². The Morgan fingerprint density at radius 2 is 1.94 bits per heavy atom. The molecule has 7 nitrogen and oxygen atoms in total. The van der Waals surface area contributed by atoms with Crippen molar-refractivity contribution < 1.29 is 9.13 Å². The van der Waals surface area contributed by atoms with Gasteiger partial charge in [-0.2, -0.15) is 4.98 Å². The van der Waals surface area contributed by atoms with E-state index in [2.05, 4.69) is 58.2 Å². The van der Waals surface area contributed by atoms with E-state index in [1.54, 1.807) is 0 Å². The van der Waals surface area contributed by atoms with Crippen molar-refractivity contribution in [3.8, 4) is 11.4 Å². The maximum absolute atomic E-state index is 14.6. The average Bonchev–Trinajstić information content (AvgIpc) is 3.17. The molecule has 2 aliphatic heterocycles. The molecule has 2 aliphatic rings. The zero-order chi connectivity index (χ0) is 22.5. The van der Waals surface area contributed by atoms with Crippen molar-refractivity contribution in [2.75, 3.05) is 10.6 Å². The number of benzene rings is 1. The second-order valence-electron chi connectivity index (χ2n) is 10.00. The SMILES string of the molecule is CC1(C)CC(Nc2nc(Nc3ccc4c(c3)-n3cccc3CO4)ncc2F)CC(C)(C)N1. The number of halogens is 1. The normalized spacial score (nSPS) is 18.9. The first-order chi connectivity index (χ1) is 15.2. The summed E-state index contributed by atoms with van der Waals surface area (Å²) in [5, 5.41) is 10.2.